The van der Waals surface area contributed by atoms with Gasteiger partial charge in [-0.2, -0.15) is 4.31 Å². The van der Waals surface area contributed by atoms with E-state index < -0.39 is 10.0 Å². The van der Waals surface area contributed by atoms with Gasteiger partial charge in [0.15, 0.2) is 0 Å². The van der Waals surface area contributed by atoms with E-state index in [1.165, 1.54) is 5.56 Å². The van der Waals surface area contributed by atoms with Gasteiger partial charge in [0.2, 0.25) is 10.0 Å². The highest BCUT2D eigenvalue weighted by Gasteiger charge is 2.30. The summed E-state index contributed by atoms with van der Waals surface area (Å²) >= 11 is 0. The predicted octanol–water partition coefficient (Wildman–Crippen LogP) is 3.81. The van der Waals surface area contributed by atoms with Crippen LogP contribution in [0.25, 0.3) is 0 Å². The minimum Gasteiger partial charge on any atom is -0.380 e. The third-order valence-corrected chi connectivity index (χ3v) is 6.54. The normalized spacial score (nSPS) is 20.0. The molecule has 0 aromatic heterocycles. The summed E-state index contributed by atoms with van der Waals surface area (Å²) in [6.07, 6.45) is 2.67. The molecule has 136 valence electrons. The van der Waals surface area contributed by atoms with E-state index >= 15 is 0 Å². The number of rotatable bonds is 6. The minimum atomic E-state index is -3.45. The van der Waals surface area contributed by atoms with Crippen LogP contribution in [0.1, 0.15) is 57.6 Å². The highest BCUT2D eigenvalue weighted by atomic mass is 32.2. The molecular formula is C19H31NO3S. The van der Waals surface area contributed by atoms with Crippen molar-refractivity contribution in [2.75, 3.05) is 20.2 Å². The monoisotopic (exact) mass is 353 g/mol. The van der Waals surface area contributed by atoms with Crippen LogP contribution < -0.4 is 0 Å². The topological polar surface area (TPSA) is 46.6 Å². The van der Waals surface area contributed by atoms with E-state index in [4.69, 9.17) is 4.74 Å². The molecule has 1 saturated heterocycles. The number of nitrogens with zero attached hydrogens (tertiary/aromatic N) is 1. The van der Waals surface area contributed by atoms with Gasteiger partial charge in [-0.1, -0.05) is 33.8 Å². The molecule has 1 unspecified atom stereocenters. The van der Waals surface area contributed by atoms with E-state index in [2.05, 4.69) is 27.7 Å². The van der Waals surface area contributed by atoms with Crippen molar-refractivity contribution in [3.63, 3.8) is 0 Å². The van der Waals surface area contributed by atoms with Crippen LogP contribution in [-0.2, 0) is 21.2 Å². The molecule has 1 aliphatic heterocycles. The van der Waals surface area contributed by atoms with Crippen LogP contribution in [0.5, 0.6) is 0 Å². The zero-order valence-electron chi connectivity index (χ0n) is 15.6. The first-order chi connectivity index (χ1) is 11.3. The van der Waals surface area contributed by atoms with Crippen LogP contribution in [0, 0.1) is 5.92 Å². The minimum absolute atomic E-state index is 0.00130. The molecule has 1 aliphatic rings. The second-order valence-corrected chi connectivity index (χ2v) is 9.41. The maximum atomic E-state index is 13.0. The third-order valence-electron chi connectivity index (χ3n) is 4.68. The number of hydrogen-bond acceptors (Lipinski definition) is 3. The number of methoxy groups -OCH3 is 1. The second kappa shape index (κ2) is 7.98. The van der Waals surface area contributed by atoms with E-state index in [9.17, 15) is 8.42 Å². The maximum Gasteiger partial charge on any atom is 0.243 e. The van der Waals surface area contributed by atoms with E-state index in [1.54, 1.807) is 17.5 Å². The molecular weight excluding hydrogens is 322 g/mol. The maximum absolute atomic E-state index is 13.0. The summed E-state index contributed by atoms with van der Waals surface area (Å²) in [6, 6.07) is 5.65. The van der Waals surface area contributed by atoms with Crippen LogP contribution in [-0.4, -0.2) is 39.0 Å². The fourth-order valence-corrected chi connectivity index (χ4v) is 4.95. The van der Waals surface area contributed by atoms with Crippen LogP contribution in [0.2, 0.25) is 0 Å². The molecule has 1 heterocycles. The first kappa shape index (κ1) is 19.4. The number of piperidine rings is 1. The van der Waals surface area contributed by atoms with Gasteiger partial charge in [0.05, 0.1) is 11.0 Å². The Hall–Kier alpha value is -0.910. The summed E-state index contributed by atoms with van der Waals surface area (Å²) in [6.45, 7) is 9.67. The number of sulfonamides is 1. The molecule has 5 heteroatoms. The molecule has 24 heavy (non-hydrogen) atoms. The van der Waals surface area contributed by atoms with Crippen LogP contribution in [0.15, 0.2) is 23.1 Å². The van der Waals surface area contributed by atoms with Crippen molar-refractivity contribution in [3.05, 3.63) is 29.3 Å². The number of benzene rings is 1. The van der Waals surface area contributed by atoms with Gasteiger partial charge < -0.3 is 4.74 Å². The van der Waals surface area contributed by atoms with Crippen molar-refractivity contribution in [3.8, 4) is 0 Å². The van der Waals surface area contributed by atoms with Gasteiger partial charge in [-0.3, -0.25) is 0 Å². The lowest BCUT2D eigenvalue weighted by molar-refractivity contribution is 0.0572. The van der Waals surface area contributed by atoms with Crippen molar-refractivity contribution >= 4 is 10.0 Å². The molecule has 0 spiro atoms. The molecule has 0 saturated carbocycles. The lowest BCUT2D eigenvalue weighted by atomic mass is 9.92. The summed E-state index contributed by atoms with van der Waals surface area (Å²) in [5, 5.41) is 0. The zero-order valence-corrected chi connectivity index (χ0v) is 16.4. The van der Waals surface area contributed by atoms with E-state index in [1.807, 2.05) is 12.1 Å². The largest absolute Gasteiger partial charge is 0.380 e. The van der Waals surface area contributed by atoms with E-state index in [-0.39, 0.29) is 6.10 Å². The summed E-state index contributed by atoms with van der Waals surface area (Å²) in [5.74, 6) is 0.886. The number of hydrogen-bond donors (Lipinski definition) is 0. The Morgan fingerprint density at radius 1 is 1.25 bits per heavy atom. The average molecular weight is 354 g/mol. The fraction of sp³-hybridized carbons (Fsp3) is 0.684. The summed E-state index contributed by atoms with van der Waals surface area (Å²) in [5.41, 5.74) is 2.40. The quantitative estimate of drug-likeness (QED) is 0.781. The lowest BCUT2D eigenvalue weighted by Crippen LogP contribution is -2.42. The molecule has 1 atom stereocenters. The Morgan fingerprint density at radius 2 is 1.96 bits per heavy atom. The Labute approximate surface area is 147 Å². The molecule has 2 rings (SSSR count). The molecule has 1 fully saturated rings. The fourth-order valence-electron chi connectivity index (χ4n) is 3.39. The zero-order chi connectivity index (χ0) is 17.9. The third kappa shape index (κ3) is 4.38. The Balaban J connectivity index is 2.36. The first-order valence-electron chi connectivity index (χ1n) is 8.91. The van der Waals surface area contributed by atoms with Gasteiger partial charge in [-0.15, -0.1) is 0 Å². The standard InChI is InChI=1S/C19H31NO3S/c1-14(2)11-16-12-18(8-9-19(16)15(3)4)24(21,22)20-10-6-7-17(13-20)23-5/h8-9,12,14-15,17H,6-7,10-11,13H2,1-5H3. The molecule has 0 radical (unpaired) electrons. The molecule has 0 aliphatic carbocycles. The molecule has 0 bridgehead atoms. The lowest BCUT2D eigenvalue weighted by Gasteiger charge is -2.31. The Morgan fingerprint density at radius 3 is 2.54 bits per heavy atom. The SMILES string of the molecule is COC1CCCN(S(=O)(=O)c2ccc(C(C)C)c(CC(C)C)c2)C1. The van der Waals surface area contributed by atoms with Gasteiger partial charge in [0, 0.05) is 20.2 Å². The summed E-state index contributed by atoms with van der Waals surface area (Å²) in [4.78, 5) is 0.416. The summed E-state index contributed by atoms with van der Waals surface area (Å²) < 4.78 is 33.0. The van der Waals surface area contributed by atoms with Gasteiger partial charge in [-0.25, -0.2) is 8.42 Å². The Bertz CT molecular complexity index is 653. The van der Waals surface area contributed by atoms with Crippen molar-refractivity contribution < 1.29 is 13.2 Å². The average Bonchev–Trinajstić information content (AvgIpc) is 2.54. The highest BCUT2D eigenvalue weighted by molar-refractivity contribution is 7.89. The highest BCUT2D eigenvalue weighted by Crippen LogP contribution is 2.28. The summed E-state index contributed by atoms with van der Waals surface area (Å²) in [7, 11) is -1.80. The molecule has 0 N–H and O–H groups in total. The van der Waals surface area contributed by atoms with Crippen molar-refractivity contribution in [2.45, 2.75) is 63.9 Å². The molecule has 1 aromatic carbocycles. The van der Waals surface area contributed by atoms with Gasteiger partial charge >= 0.3 is 0 Å². The first-order valence-corrected chi connectivity index (χ1v) is 10.4. The molecule has 4 nitrogen and oxygen atoms in total. The van der Waals surface area contributed by atoms with Gasteiger partial charge in [0.1, 0.15) is 0 Å². The van der Waals surface area contributed by atoms with Gasteiger partial charge in [0.25, 0.3) is 0 Å². The molecule has 1 aromatic rings. The Kier molecular flexibility index (Phi) is 6.46. The van der Waals surface area contributed by atoms with Gasteiger partial charge in [-0.05, 0) is 54.4 Å². The van der Waals surface area contributed by atoms with Crippen LogP contribution in [0.3, 0.4) is 0 Å². The van der Waals surface area contributed by atoms with Crippen molar-refractivity contribution in [1.82, 2.24) is 4.31 Å². The van der Waals surface area contributed by atoms with E-state index in [0.29, 0.717) is 29.8 Å². The predicted molar refractivity (Wildman–Crippen MR) is 97.9 cm³/mol. The second-order valence-electron chi connectivity index (χ2n) is 7.48. The van der Waals surface area contributed by atoms with Crippen molar-refractivity contribution in [2.24, 2.45) is 5.92 Å². The number of ether oxygens (including phenoxy) is 1. The molecule has 0 amide bonds. The van der Waals surface area contributed by atoms with Crippen LogP contribution in [0.4, 0.5) is 0 Å². The van der Waals surface area contributed by atoms with Crippen molar-refractivity contribution in [1.29, 1.82) is 0 Å². The van der Waals surface area contributed by atoms with Crippen LogP contribution >= 0.6 is 0 Å². The van der Waals surface area contributed by atoms with E-state index in [0.717, 1.165) is 24.8 Å². The smallest absolute Gasteiger partial charge is 0.243 e.